The van der Waals surface area contributed by atoms with Crippen molar-refractivity contribution in [2.75, 3.05) is 7.11 Å². The monoisotopic (exact) mass is 268 g/mol. The van der Waals surface area contributed by atoms with Crippen LogP contribution in [0.25, 0.3) is 11.0 Å². The lowest BCUT2D eigenvalue weighted by atomic mass is 10.3. The molecule has 0 aliphatic rings. The fourth-order valence-corrected chi connectivity index (χ4v) is 1.84. The molecule has 0 N–H and O–H groups in total. The van der Waals surface area contributed by atoms with E-state index in [1.807, 2.05) is 6.07 Å². The van der Waals surface area contributed by atoms with E-state index >= 15 is 0 Å². The highest BCUT2D eigenvalue weighted by atomic mass is 79.9. The predicted octanol–water partition coefficient (Wildman–Crippen LogP) is 2.12. The number of rotatable bonds is 1. The second kappa shape index (κ2) is 3.66. The first-order valence-corrected chi connectivity index (χ1v) is 5.12. The van der Waals surface area contributed by atoms with Crippen LogP contribution < -0.4 is 0 Å². The second-order valence-corrected chi connectivity index (χ2v) is 4.06. The molecule has 0 unspecified atom stereocenters. The Hall–Kier alpha value is -1.36. The largest absolute Gasteiger partial charge is 0.464 e. The zero-order chi connectivity index (χ0) is 11.0. The van der Waals surface area contributed by atoms with Gasteiger partial charge in [0.15, 0.2) is 0 Å². The van der Waals surface area contributed by atoms with Gasteiger partial charge in [0.2, 0.25) is 0 Å². The van der Waals surface area contributed by atoms with Crippen LogP contribution in [0, 0.1) is 0 Å². The quantitative estimate of drug-likeness (QED) is 0.745. The molecule has 0 aromatic carbocycles. The minimum atomic E-state index is -0.355. The molecule has 15 heavy (non-hydrogen) atoms. The van der Waals surface area contributed by atoms with Crippen LogP contribution in [-0.4, -0.2) is 22.6 Å². The number of carbonyl (C=O) groups excluding carboxylic acids is 1. The van der Waals surface area contributed by atoms with E-state index in [0.717, 1.165) is 15.5 Å². The molecule has 0 atom stereocenters. The van der Waals surface area contributed by atoms with Gasteiger partial charge in [-0.1, -0.05) is 0 Å². The van der Waals surface area contributed by atoms with Gasteiger partial charge in [0.05, 0.1) is 7.11 Å². The van der Waals surface area contributed by atoms with E-state index in [0.29, 0.717) is 5.69 Å². The van der Waals surface area contributed by atoms with Crippen molar-refractivity contribution < 1.29 is 9.53 Å². The summed E-state index contributed by atoms with van der Waals surface area (Å²) in [6.07, 6.45) is 1.70. The second-order valence-electron chi connectivity index (χ2n) is 3.15. The van der Waals surface area contributed by atoms with Crippen molar-refractivity contribution in [1.82, 2.24) is 9.55 Å². The van der Waals surface area contributed by atoms with E-state index in [1.165, 1.54) is 7.11 Å². The number of halogens is 1. The number of carbonyl (C=O) groups is 1. The molecule has 0 aliphatic heterocycles. The van der Waals surface area contributed by atoms with Crippen molar-refractivity contribution in [1.29, 1.82) is 0 Å². The molecular weight excluding hydrogens is 260 g/mol. The number of hydrogen-bond donors (Lipinski definition) is 0. The highest BCUT2D eigenvalue weighted by Crippen LogP contribution is 2.20. The van der Waals surface area contributed by atoms with Gasteiger partial charge in [-0.15, -0.1) is 0 Å². The normalized spacial score (nSPS) is 10.6. The summed E-state index contributed by atoms with van der Waals surface area (Å²) in [6, 6.07) is 3.67. The smallest absolute Gasteiger partial charge is 0.354 e. The number of pyridine rings is 1. The van der Waals surface area contributed by atoms with Gasteiger partial charge in [0, 0.05) is 23.1 Å². The Bertz CT molecular complexity index is 533. The summed E-state index contributed by atoms with van der Waals surface area (Å²) >= 11 is 3.33. The van der Waals surface area contributed by atoms with Gasteiger partial charge in [0.25, 0.3) is 0 Å². The highest BCUT2D eigenvalue weighted by Gasteiger charge is 2.14. The van der Waals surface area contributed by atoms with Crippen molar-refractivity contribution in [3.63, 3.8) is 0 Å². The van der Waals surface area contributed by atoms with Gasteiger partial charge in [-0.05, 0) is 28.1 Å². The van der Waals surface area contributed by atoms with Crippen LogP contribution >= 0.6 is 15.9 Å². The van der Waals surface area contributed by atoms with Crippen LogP contribution in [-0.2, 0) is 11.8 Å². The molecule has 0 amide bonds. The van der Waals surface area contributed by atoms with E-state index in [-0.39, 0.29) is 5.97 Å². The number of ether oxygens (including phenoxy) is 1. The third kappa shape index (κ3) is 1.63. The van der Waals surface area contributed by atoms with Gasteiger partial charge < -0.3 is 9.30 Å². The summed E-state index contributed by atoms with van der Waals surface area (Å²) in [7, 11) is 3.15. The molecule has 2 heterocycles. The maximum absolute atomic E-state index is 11.4. The van der Waals surface area contributed by atoms with Crippen molar-refractivity contribution in [2.45, 2.75) is 0 Å². The highest BCUT2D eigenvalue weighted by molar-refractivity contribution is 9.10. The lowest BCUT2D eigenvalue weighted by Crippen LogP contribution is -2.07. The first-order chi connectivity index (χ1) is 7.13. The zero-order valence-electron chi connectivity index (χ0n) is 8.32. The number of nitrogens with zero attached hydrogens (tertiary/aromatic N) is 2. The molecule has 2 aromatic rings. The van der Waals surface area contributed by atoms with Crippen LogP contribution in [0.15, 0.2) is 22.8 Å². The third-order valence-corrected chi connectivity index (χ3v) is 2.66. The zero-order valence-corrected chi connectivity index (χ0v) is 9.91. The Kier molecular flexibility index (Phi) is 2.48. The minimum Gasteiger partial charge on any atom is -0.464 e. The average Bonchev–Trinajstić information content (AvgIpc) is 2.54. The number of hydrogen-bond acceptors (Lipinski definition) is 3. The molecule has 4 nitrogen and oxygen atoms in total. The Morgan fingerprint density at radius 1 is 1.53 bits per heavy atom. The lowest BCUT2D eigenvalue weighted by Gasteiger charge is -2.00. The molecule has 0 saturated heterocycles. The van der Waals surface area contributed by atoms with Crippen LogP contribution in [0.4, 0.5) is 0 Å². The molecule has 5 heteroatoms. The Morgan fingerprint density at radius 3 is 2.93 bits per heavy atom. The maximum atomic E-state index is 11.4. The molecular formula is C10H9BrN2O2. The van der Waals surface area contributed by atoms with E-state index in [9.17, 15) is 4.79 Å². The summed E-state index contributed by atoms with van der Waals surface area (Å²) in [6.45, 7) is 0. The number of fused-ring (bicyclic) bond motifs is 1. The summed E-state index contributed by atoms with van der Waals surface area (Å²) in [5.41, 5.74) is 1.26. The van der Waals surface area contributed by atoms with Crippen molar-refractivity contribution in [2.24, 2.45) is 7.05 Å². The number of aryl methyl sites for hydroxylation is 1. The number of methoxy groups -OCH3 is 1. The summed E-state index contributed by atoms with van der Waals surface area (Å²) in [5, 5.41) is 0.910. The van der Waals surface area contributed by atoms with E-state index < -0.39 is 0 Å². The minimum absolute atomic E-state index is 0.355. The fourth-order valence-electron chi connectivity index (χ4n) is 1.49. The molecule has 0 spiro atoms. The van der Waals surface area contributed by atoms with E-state index in [1.54, 1.807) is 23.9 Å². The Morgan fingerprint density at radius 2 is 2.27 bits per heavy atom. The van der Waals surface area contributed by atoms with Gasteiger partial charge in [-0.3, -0.25) is 0 Å². The summed E-state index contributed by atoms with van der Waals surface area (Å²) < 4.78 is 7.28. The van der Waals surface area contributed by atoms with E-state index in [2.05, 4.69) is 25.7 Å². The maximum Gasteiger partial charge on any atom is 0.354 e. The van der Waals surface area contributed by atoms with Crippen molar-refractivity contribution in [3.8, 4) is 0 Å². The third-order valence-electron chi connectivity index (χ3n) is 2.23. The molecule has 0 radical (unpaired) electrons. The first kappa shape index (κ1) is 10.2. The van der Waals surface area contributed by atoms with Crippen LogP contribution in [0.1, 0.15) is 10.5 Å². The molecule has 0 bridgehead atoms. The van der Waals surface area contributed by atoms with Gasteiger partial charge in [-0.25, -0.2) is 9.78 Å². The summed E-state index contributed by atoms with van der Waals surface area (Å²) in [5.74, 6) is -0.355. The standard InChI is InChI=1S/C10H9BrN2O2/c1-13-8(10(14)15-2)4-6-3-7(11)5-12-9(6)13/h3-5H,1-2H3. The van der Waals surface area contributed by atoms with E-state index in [4.69, 9.17) is 0 Å². The van der Waals surface area contributed by atoms with Crippen LogP contribution in [0.2, 0.25) is 0 Å². The lowest BCUT2D eigenvalue weighted by molar-refractivity contribution is 0.0590. The molecule has 0 saturated carbocycles. The van der Waals surface area contributed by atoms with Crippen LogP contribution in [0.5, 0.6) is 0 Å². The number of aromatic nitrogens is 2. The molecule has 78 valence electrons. The number of esters is 1. The van der Waals surface area contributed by atoms with Gasteiger partial charge in [0.1, 0.15) is 11.3 Å². The molecule has 2 aromatic heterocycles. The molecule has 0 fully saturated rings. The van der Waals surface area contributed by atoms with Gasteiger partial charge in [-0.2, -0.15) is 0 Å². The van der Waals surface area contributed by atoms with Gasteiger partial charge >= 0.3 is 5.97 Å². The predicted molar refractivity (Wildman–Crippen MR) is 59.8 cm³/mol. The Labute approximate surface area is 95.0 Å². The topological polar surface area (TPSA) is 44.1 Å². The molecule has 0 aliphatic carbocycles. The Balaban J connectivity index is 2.69. The first-order valence-electron chi connectivity index (χ1n) is 4.33. The average molecular weight is 269 g/mol. The molecule has 2 rings (SSSR count). The summed E-state index contributed by atoms with van der Waals surface area (Å²) in [4.78, 5) is 15.6. The van der Waals surface area contributed by atoms with Crippen LogP contribution in [0.3, 0.4) is 0 Å². The fraction of sp³-hybridized carbons (Fsp3) is 0.200. The SMILES string of the molecule is COC(=O)c1cc2cc(Br)cnc2n1C. The van der Waals surface area contributed by atoms with Crippen molar-refractivity contribution >= 4 is 32.9 Å². The van der Waals surface area contributed by atoms with Crippen molar-refractivity contribution in [3.05, 3.63) is 28.5 Å².